The molecule has 0 radical (unpaired) electrons. The van der Waals surface area contributed by atoms with E-state index in [1.165, 1.54) is 12.1 Å². The highest BCUT2D eigenvalue weighted by Gasteiger charge is 2.27. The summed E-state index contributed by atoms with van der Waals surface area (Å²) in [4.78, 5) is 24.5. The van der Waals surface area contributed by atoms with Gasteiger partial charge in [0.15, 0.2) is 0 Å². The predicted molar refractivity (Wildman–Crippen MR) is 75.6 cm³/mol. The molecule has 0 aromatic heterocycles. The van der Waals surface area contributed by atoms with E-state index in [2.05, 4.69) is 15.9 Å². The normalized spacial score (nSPS) is 19.2. The second-order valence-electron chi connectivity index (χ2n) is 4.61. The van der Waals surface area contributed by atoms with Crippen LogP contribution in [0.3, 0.4) is 0 Å². The Kier molecular flexibility index (Phi) is 4.52. The van der Waals surface area contributed by atoms with Gasteiger partial charge in [0.1, 0.15) is 0 Å². The number of hydrogen-bond donors (Lipinski definition) is 0. The molecular weight excluding hydrogens is 312 g/mol. The summed E-state index contributed by atoms with van der Waals surface area (Å²) >= 11 is 3.43. The van der Waals surface area contributed by atoms with Gasteiger partial charge in [-0.3, -0.25) is 14.9 Å². The van der Waals surface area contributed by atoms with Gasteiger partial charge in [0.2, 0.25) is 0 Å². The van der Waals surface area contributed by atoms with Crippen molar-refractivity contribution in [1.29, 1.82) is 0 Å². The van der Waals surface area contributed by atoms with Crippen LogP contribution in [-0.2, 0) is 0 Å². The number of amides is 1. The number of likely N-dealkylation sites (tertiary alicyclic amines) is 1. The minimum atomic E-state index is -0.477. The van der Waals surface area contributed by atoms with Gasteiger partial charge in [0, 0.05) is 35.6 Å². The maximum Gasteiger partial charge on any atom is 0.270 e. The topological polar surface area (TPSA) is 63.4 Å². The lowest BCUT2D eigenvalue weighted by Crippen LogP contribution is -2.44. The van der Waals surface area contributed by atoms with Gasteiger partial charge in [-0.25, -0.2) is 0 Å². The average Bonchev–Trinajstić information content (AvgIpc) is 2.46. The van der Waals surface area contributed by atoms with E-state index in [9.17, 15) is 14.9 Å². The summed E-state index contributed by atoms with van der Waals surface area (Å²) < 4.78 is 0. The van der Waals surface area contributed by atoms with E-state index in [1.54, 1.807) is 12.1 Å². The maximum atomic E-state index is 12.4. The van der Waals surface area contributed by atoms with Gasteiger partial charge in [-0.05, 0) is 25.3 Å². The molecule has 1 fully saturated rings. The standard InChI is InChI=1S/C13H15BrN2O3/c14-9-12-5-1-2-7-15(12)13(17)10-4-3-6-11(8-10)16(18)19/h3-4,6,8,12H,1-2,5,7,9H2. The zero-order valence-corrected chi connectivity index (χ0v) is 12.0. The van der Waals surface area contributed by atoms with Crippen molar-refractivity contribution in [3.63, 3.8) is 0 Å². The molecule has 1 aliphatic heterocycles. The lowest BCUT2D eigenvalue weighted by atomic mass is 10.0. The molecule has 1 aromatic carbocycles. The molecule has 0 spiro atoms. The number of carbonyl (C=O) groups is 1. The van der Waals surface area contributed by atoms with Crippen molar-refractivity contribution in [3.8, 4) is 0 Å². The van der Waals surface area contributed by atoms with Crippen LogP contribution in [0.15, 0.2) is 24.3 Å². The van der Waals surface area contributed by atoms with Crippen LogP contribution in [0.2, 0.25) is 0 Å². The van der Waals surface area contributed by atoms with Crippen LogP contribution in [0.5, 0.6) is 0 Å². The molecule has 1 aromatic rings. The molecule has 5 nitrogen and oxygen atoms in total. The number of piperidine rings is 1. The van der Waals surface area contributed by atoms with Crippen molar-refractivity contribution in [2.24, 2.45) is 0 Å². The van der Waals surface area contributed by atoms with E-state index in [0.29, 0.717) is 5.56 Å². The number of alkyl halides is 1. The third-order valence-corrected chi connectivity index (χ3v) is 4.12. The Morgan fingerprint density at radius 1 is 1.47 bits per heavy atom. The van der Waals surface area contributed by atoms with Gasteiger partial charge >= 0.3 is 0 Å². The van der Waals surface area contributed by atoms with Gasteiger partial charge in [-0.15, -0.1) is 0 Å². The van der Waals surface area contributed by atoms with Crippen molar-refractivity contribution in [3.05, 3.63) is 39.9 Å². The van der Waals surface area contributed by atoms with E-state index in [1.807, 2.05) is 4.90 Å². The Hall–Kier alpha value is -1.43. The summed E-state index contributed by atoms with van der Waals surface area (Å²) in [7, 11) is 0. The van der Waals surface area contributed by atoms with Crippen LogP contribution in [0.25, 0.3) is 0 Å². The smallest absolute Gasteiger partial charge is 0.270 e. The Balaban J connectivity index is 2.22. The van der Waals surface area contributed by atoms with Crippen LogP contribution >= 0.6 is 15.9 Å². The lowest BCUT2D eigenvalue weighted by molar-refractivity contribution is -0.384. The van der Waals surface area contributed by atoms with Gasteiger partial charge in [-0.2, -0.15) is 0 Å². The molecule has 1 saturated heterocycles. The number of hydrogen-bond acceptors (Lipinski definition) is 3. The van der Waals surface area contributed by atoms with E-state index >= 15 is 0 Å². The van der Waals surface area contributed by atoms with Crippen LogP contribution in [0, 0.1) is 10.1 Å². The van der Waals surface area contributed by atoms with Crippen LogP contribution < -0.4 is 0 Å². The van der Waals surface area contributed by atoms with Crippen molar-refractivity contribution < 1.29 is 9.72 Å². The van der Waals surface area contributed by atoms with E-state index in [-0.39, 0.29) is 17.6 Å². The van der Waals surface area contributed by atoms with Gasteiger partial charge < -0.3 is 4.90 Å². The molecule has 19 heavy (non-hydrogen) atoms. The van der Waals surface area contributed by atoms with Gasteiger partial charge in [0.05, 0.1) is 4.92 Å². The van der Waals surface area contributed by atoms with E-state index in [4.69, 9.17) is 0 Å². The Morgan fingerprint density at radius 3 is 2.95 bits per heavy atom. The molecule has 1 heterocycles. The van der Waals surface area contributed by atoms with E-state index < -0.39 is 4.92 Å². The fourth-order valence-electron chi connectivity index (χ4n) is 2.35. The largest absolute Gasteiger partial charge is 0.335 e. The minimum Gasteiger partial charge on any atom is -0.335 e. The summed E-state index contributed by atoms with van der Waals surface area (Å²) in [6, 6.07) is 6.12. The molecule has 0 N–H and O–H groups in total. The molecule has 1 amide bonds. The highest BCUT2D eigenvalue weighted by Crippen LogP contribution is 2.22. The first-order valence-corrected chi connectivity index (χ1v) is 7.37. The number of nitro benzene ring substituents is 1. The van der Waals surface area contributed by atoms with Crippen molar-refractivity contribution >= 4 is 27.5 Å². The lowest BCUT2D eigenvalue weighted by Gasteiger charge is -2.34. The zero-order chi connectivity index (χ0) is 13.8. The third kappa shape index (κ3) is 3.12. The number of rotatable bonds is 3. The first-order valence-electron chi connectivity index (χ1n) is 6.25. The molecular formula is C13H15BrN2O3. The zero-order valence-electron chi connectivity index (χ0n) is 10.4. The molecule has 1 aliphatic rings. The first-order chi connectivity index (χ1) is 9.13. The van der Waals surface area contributed by atoms with Gasteiger partial charge in [-0.1, -0.05) is 22.0 Å². The summed E-state index contributed by atoms with van der Waals surface area (Å²) in [5.74, 6) is -0.118. The Labute approximate surface area is 119 Å². The van der Waals surface area contributed by atoms with Crippen LogP contribution in [-0.4, -0.2) is 33.6 Å². The monoisotopic (exact) mass is 326 g/mol. The van der Waals surface area contributed by atoms with Gasteiger partial charge in [0.25, 0.3) is 11.6 Å². The van der Waals surface area contributed by atoms with Crippen molar-refractivity contribution in [1.82, 2.24) is 4.90 Å². The van der Waals surface area contributed by atoms with Crippen molar-refractivity contribution in [2.45, 2.75) is 25.3 Å². The maximum absolute atomic E-state index is 12.4. The molecule has 0 saturated carbocycles. The van der Waals surface area contributed by atoms with E-state index in [0.717, 1.165) is 31.1 Å². The van der Waals surface area contributed by atoms with Crippen LogP contribution in [0.1, 0.15) is 29.6 Å². The number of nitrogens with zero attached hydrogens (tertiary/aromatic N) is 2. The van der Waals surface area contributed by atoms with Crippen molar-refractivity contribution in [2.75, 3.05) is 11.9 Å². The summed E-state index contributed by atoms with van der Waals surface area (Å²) in [5.41, 5.74) is 0.348. The SMILES string of the molecule is O=C(c1cccc([N+](=O)[O-])c1)N1CCCCC1CBr. The highest BCUT2D eigenvalue weighted by molar-refractivity contribution is 9.09. The number of halogens is 1. The molecule has 1 atom stereocenters. The number of non-ortho nitro benzene ring substituents is 1. The number of carbonyl (C=O) groups excluding carboxylic acids is 1. The fraction of sp³-hybridized carbons (Fsp3) is 0.462. The Bertz CT molecular complexity index is 493. The average molecular weight is 327 g/mol. The molecule has 2 rings (SSSR count). The summed E-state index contributed by atoms with van der Waals surface area (Å²) in [6.45, 7) is 0.720. The molecule has 0 aliphatic carbocycles. The molecule has 1 unspecified atom stereocenters. The molecule has 0 bridgehead atoms. The second kappa shape index (κ2) is 6.14. The highest BCUT2D eigenvalue weighted by atomic mass is 79.9. The summed E-state index contributed by atoms with van der Waals surface area (Å²) in [5, 5.41) is 11.5. The quantitative estimate of drug-likeness (QED) is 0.487. The number of benzene rings is 1. The number of nitro groups is 1. The third-order valence-electron chi connectivity index (χ3n) is 3.37. The predicted octanol–water partition coefficient (Wildman–Crippen LogP) is 2.98. The Morgan fingerprint density at radius 2 is 2.26 bits per heavy atom. The fourth-order valence-corrected chi connectivity index (χ4v) is 3.02. The van der Waals surface area contributed by atoms with Crippen LogP contribution in [0.4, 0.5) is 5.69 Å². The molecule has 6 heteroatoms. The summed E-state index contributed by atoms with van der Waals surface area (Å²) in [6.07, 6.45) is 3.09. The first kappa shape index (κ1) is 14.0. The minimum absolute atomic E-state index is 0.0433. The second-order valence-corrected chi connectivity index (χ2v) is 5.26. The molecule has 102 valence electrons.